The molecule has 1 aliphatic rings. The molecule has 9 heteroatoms. The van der Waals surface area contributed by atoms with Crippen molar-refractivity contribution in [2.45, 2.75) is 33.2 Å². The number of carbonyl (C=O) groups excluding carboxylic acids is 2. The van der Waals surface area contributed by atoms with E-state index < -0.39 is 0 Å². The Bertz CT molecular complexity index is 1070. The van der Waals surface area contributed by atoms with Gasteiger partial charge in [0.2, 0.25) is 17.6 Å². The van der Waals surface area contributed by atoms with Gasteiger partial charge >= 0.3 is 5.97 Å². The molecule has 1 N–H and O–H groups in total. The minimum Gasteiger partial charge on any atom is -0.462 e. The summed E-state index contributed by atoms with van der Waals surface area (Å²) in [6.45, 7) is 6.11. The molecule has 0 spiro atoms. The number of carbonyl (C=O) groups is 2. The molecule has 1 aliphatic heterocycles. The lowest BCUT2D eigenvalue weighted by Crippen LogP contribution is -2.37. The highest BCUT2D eigenvalue weighted by atomic mass is 32.1. The van der Waals surface area contributed by atoms with E-state index in [1.165, 1.54) is 0 Å². The van der Waals surface area contributed by atoms with Crippen molar-refractivity contribution < 1.29 is 18.8 Å². The number of benzene rings is 1. The number of nitrogens with zero attached hydrogens (tertiary/aromatic N) is 3. The largest absolute Gasteiger partial charge is 0.462 e. The molecule has 0 saturated carbocycles. The fourth-order valence-corrected chi connectivity index (χ4v) is 4.35. The van der Waals surface area contributed by atoms with E-state index in [-0.39, 0.29) is 17.8 Å². The number of likely N-dealkylation sites (tertiary alicyclic amines) is 1. The monoisotopic (exact) mass is 454 g/mol. The average molecular weight is 455 g/mol. The topological polar surface area (TPSA) is 97.6 Å². The van der Waals surface area contributed by atoms with Gasteiger partial charge in [0, 0.05) is 11.6 Å². The van der Waals surface area contributed by atoms with Crippen molar-refractivity contribution >= 4 is 28.9 Å². The van der Waals surface area contributed by atoms with Crippen molar-refractivity contribution in [3.05, 3.63) is 52.7 Å². The first-order valence-corrected chi connectivity index (χ1v) is 11.6. The number of anilines is 1. The maximum absolute atomic E-state index is 12.8. The van der Waals surface area contributed by atoms with Crippen LogP contribution in [0.3, 0.4) is 0 Å². The lowest BCUT2D eigenvalue weighted by molar-refractivity contribution is -0.121. The summed E-state index contributed by atoms with van der Waals surface area (Å²) in [5.74, 6) is 0.708. The number of hydrogen-bond acceptors (Lipinski definition) is 8. The van der Waals surface area contributed by atoms with E-state index in [9.17, 15) is 9.59 Å². The fraction of sp³-hybridized carbons (Fsp3) is 0.391. The summed E-state index contributed by atoms with van der Waals surface area (Å²) >= 11 is 1.58. The van der Waals surface area contributed by atoms with Crippen LogP contribution in [0.15, 0.2) is 40.2 Å². The number of piperidine rings is 1. The van der Waals surface area contributed by atoms with E-state index in [4.69, 9.17) is 9.26 Å². The van der Waals surface area contributed by atoms with Crippen molar-refractivity contribution in [1.82, 2.24) is 15.0 Å². The Hall–Kier alpha value is -3.04. The van der Waals surface area contributed by atoms with E-state index in [1.807, 2.05) is 30.5 Å². The first-order valence-electron chi connectivity index (χ1n) is 10.7. The van der Waals surface area contributed by atoms with Crippen LogP contribution in [0.4, 0.5) is 5.69 Å². The van der Waals surface area contributed by atoms with E-state index in [0.29, 0.717) is 36.1 Å². The number of ether oxygens (including phenoxy) is 1. The van der Waals surface area contributed by atoms with Gasteiger partial charge in [-0.1, -0.05) is 17.3 Å². The second-order valence-corrected chi connectivity index (χ2v) is 8.73. The van der Waals surface area contributed by atoms with Crippen LogP contribution < -0.4 is 5.32 Å². The quantitative estimate of drug-likeness (QED) is 0.536. The molecule has 1 amide bonds. The predicted molar refractivity (Wildman–Crippen MR) is 121 cm³/mol. The molecule has 3 heterocycles. The third-order valence-electron chi connectivity index (χ3n) is 5.53. The van der Waals surface area contributed by atoms with Gasteiger partial charge in [0.1, 0.15) is 0 Å². The normalized spacial score (nSPS) is 14.9. The molecule has 1 saturated heterocycles. The van der Waals surface area contributed by atoms with Crippen LogP contribution in [0.1, 0.15) is 41.6 Å². The fourth-order valence-electron chi connectivity index (χ4n) is 3.70. The molecular formula is C23H26N4O4S. The van der Waals surface area contributed by atoms with Crippen LogP contribution in [-0.2, 0) is 16.1 Å². The Morgan fingerprint density at radius 3 is 2.81 bits per heavy atom. The second kappa shape index (κ2) is 10.1. The molecule has 0 atom stereocenters. The van der Waals surface area contributed by atoms with Crippen LogP contribution in [0.25, 0.3) is 10.7 Å². The van der Waals surface area contributed by atoms with Crippen molar-refractivity contribution in [2.24, 2.45) is 5.92 Å². The first kappa shape index (κ1) is 22.2. The third kappa shape index (κ3) is 5.23. The zero-order valence-corrected chi connectivity index (χ0v) is 19.0. The summed E-state index contributed by atoms with van der Waals surface area (Å²) in [4.78, 5) is 32.5. The zero-order chi connectivity index (χ0) is 22.5. The molecule has 168 valence electrons. The minimum absolute atomic E-state index is 0.0217. The molecule has 0 unspecified atom stereocenters. The van der Waals surface area contributed by atoms with Gasteiger partial charge < -0.3 is 14.6 Å². The number of rotatable bonds is 7. The number of esters is 1. The Morgan fingerprint density at radius 2 is 2.09 bits per heavy atom. The molecule has 32 heavy (non-hydrogen) atoms. The van der Waals surface area contributed by atoms with Crippen molar-refractivity contribution in [3.8, 4) is 10.7 Å². The molecule has 0 bridgehead atoms. The van der Waals surface area contributed by atoms with Crippen LogP contribution in [0, 0.1) is 12.8 Å². The van der Waals surface area contributed by atoms with Crippen LogP contribution >= 0.6 is 11.3 Å². The number of thiophene rings is 1. The number of aromatic nitrogens is 2. The smallest absolute Gasteiger partial charge is 0.338 e. The van der Waals surface area contributed by atoms with Crippen LogP contribution in [0.2, 0.25) is 0 Å². The summed E-state index contributed by atoms with van der Waals surface area (Å²) < 4.78 is 10.4. The molecule has 3 aromatic rings. The number of aryl methyl sites for hydroxylation is 1. The number of amides is 1. The van der Waals surface area contributed by atoms with Gasteiger partial charge in [-0.15, -0.1) is 11.3 Å². The third-order valence-corrected chi connectivity index (χ3v) is 6.40. The highest BCUT2D eigenvalue weighted by Gasteiger charge is 2.26. The lowest BCUT2D eigenvalue weighted by Gasteiger charge is -2.30. The first-order chi connectivity index (χ1) is 15.5. The van der Waals surface area contributed by atoms with Gasteiger partial charge in [-0.3, -0.25) is 9.69 Å². The standard InChI is InChI=1S/C23H26N4O4S/c1-3-30-23(29)17-7-6-15(2)18(13-17)24-22(28)16-8-10-27(11-9-16)14-20-25-21(26-31-20)19-5-4-12-32-19/h4-7,12-13,16H,3,8-11,14H2,1-2H3,(H,24,28). The number of hydrogen-bond donors (Lipinski definition) is 1. The van der Waals surface area contributed by atoms with Crippen molar-refractivity contribution in [1.29, 1.82) is 0 Å². The van der Waals surface area contributed by atoms with Crippen LogP contribution in [-0.4, -0.2) is 46.6 Å². The van der Waals surface area contributed by atoms with E-state index in [0.717, 1.165) is 36.4 Å². The summed E-state index contributed by atoms with van der Waals surface area (Å²) in [5, 5.41) is 9.03. The summed E-state index contributed by atoms with van der Waals surface area (Å²) in [6, 6.07) is 9.14. The summed E-state index contributed by atoms with van der Waals surface area (Å²) in [5.41, 5.74) is 1.99. The lowest BCUT2D eigenvalue weighted by atomic mass is 9.95. The Balaban J connectivity index is 1.30. The molecule has 1 fully saturated rings. The molecule has 2 aromatic heterocycles. The van der Waals surface area contributed by atoms with Crippen molar-refractivity contribution in [2.75, 3.05) is 25.0 Å². The summed E-state index contributed by atoms with van der Waals surface area (Å²) in [7, 11) is 0. The molecule has 8 nitrogen and oxygen atoms in total. The Labute approximate surface area is 190 Å². The van der Waals surface area contributed by atoms with Gasteiger partial charge in [0.25, 0.3) is 0 Å². The molecule has 1 aromatic carbocycles. The van der Waals surface area contributed by atoms with Gasteiger partial charge in [-0.05, 0) is 68.9 Å². The summed E-state index contributed by atoms with van der Waals surface area (Å²) in [6.07, 6.45) is 1.49. The molecule has 0 radical (unpaired) electrons. The highest BCUT2D eigenvalue weighted by Crippen LogP contribution is 2.25. The van der Waals surface area contributed by atoms with Crippen LogP contribution in [0.5, 0.6) is 0 Å². The zero-order valence-electron chi connectivity index (χ0n) is 18.2. The van der Waals surface area contributed by atoms with E-state index >= 15 is 0 Å². The highest BCUT2D eigenvalue weighted by molar-refractivity contribution is 7.13. The van der Waals surface area contributed by atoms with Gasteiger partial charge in [0.05, 0.1) is 23.6 Å². The number of nitrogens with one attached hydrogen (secondary N) is 1. The Kier molecular flexibility index (Phi) is 6.96. The maximum atomic E-state index is 12.8. The SMILES string of the molecule is CCOC(=O)c1ccc(C)c(NC(=O)C2CCN(Cc3nc(-c4cccs4)no3)CC2)c1. The van der Waals surface area contributed by atoms with Crippen molar-refractivity contribution in [3.63, 3.8) is 0 Å². The second-order valence-electron chi connectivity index (χ2n) is 7.78. The maximum Gasteiger partial charge on any atom is 0.338 e. The molecule has 0 aliphatic carbocycles. The Morgan fingerprint density at radius 1 is 1.28 bits per heavy atom. The predicted octanol–water partition coefficient (Wildman–Crippen LogP) is 4.13. The van der Waals surface area contributed by atoms with E-state index in [1.54, 1.807) is 30.4 Å². The van der Waals surface area contributed by atoms with Gasteiger partial charge in [-0.2, -0.15) is 4.98 Å². The van der Waals surface area contributed by atoms with Gasteiger partial charge in [0.15, 0.2) is 0 Å². The molecular weight excluding hydrogens is 428 g/mol. The van der Waals surface area contributed by atoms with E-state index in [2.05, 4.69) is 20.4 Å². The van der Waals surface area contributed by atoms with Gasteiger partial charge in [-0.25, -0.2) is 4.79 Å². The molecule has 4 rings (SSSR count). The average Bonchev–Trinajstić information content (AvgIpc) is 3.48. The minimum atomic E-state index is -0.389.